The van der Waals surface area contributed by atoms with Gasteiger partial charge >= 0.3 is 0 Å². The third-order valence-corrected chi connectivity index (χ3v) is 15.5. The Labute approximate surface area is 538 Å². The molecule has 0 spiro atoms. The van der Waals surface area contributed by atoms with Crippen LogP contribution in [0.25, 0.3) is 129 Å². The molecule has 0 atom stereocenters. The third kappa shape index (κ3) is 11.9. The average molecular weight is 1200 g/mol. The number of nitrogens with zero attached hydrogens (tertiary/aromatic N) is 7. The average Bonchev–Trinajstić information content (AvgIpc) is 1.65. The summed E-state index contributed by atoms with van der Waals surface area (Å²) >= 11 is 12.7. The van der Waals surface area contributed by atoms with E-state index in [1.54, 1.807) is 36.4 Å². The van der Waals surface area contributed by atoms with Gasteiger partial charge in [0.15, 0.2) is 34.9 Å². The molecule has 0 bridgehead atoms. The molecule has 89 heavy (non-hydrogen) atoms. The standard InChI is InChI=1S/C39H25ClN4.C21H13ClFN3.C19H14/c40-30-21-23-35(44-34-19-11-10-18-31(34)32-22-20-29(24-36(32)44)26-12-4-1-5-13-26)33(25-30)39-42-37(27-14-6-2-7-15-27)41-38(43-39)28-16-8-3-9-17-28;22-16-11-12-18(23)17(13-16)21-25-19(14-7-3-1-4-8-14)24-20(26-21)15-9-5-2-6-10-15;1-2-6-14(7-3-1)15-10-11-19-17(12-15)13-16-8-4-5-9-18(16)19/h1-25H;1-13H;1-12H,13H2/i2D,6D,7D,14D,15D;1D,3D,4D,7D,8D;. The maximum atomic E-state index is 14.5. The summed E-state index contributed by atoms with van der Waals surface area (Å²) in [5.41, 5.74) is 14.7. The lowest BCUT2D eigenvalue weighted by atomic mass is 9.99. The van der Waals surface area contributed by atoms with E-state index in [4.69, 9.17) is 46.9 Å². The lowest BCUT2D eigenvalue weighted by molar-refractivity contribution is 0.630. The minimum Gasteiger partial charge on any atom is -0.308 e. The highest BCUT2D eigenvalue weighted by molar-refractivity contribution is 6.31. The van der Waals surface area contributed by atoms with Gasteiger partial charge in [-0.25, -0.2) is 34.3 Å². The Morgan fingerprint density at radius 2 is 0.753 bits per heavy atom. The third-order valence-electron chi connectivity index (χ3n) is 15.1. The lowest BCUT2D eigenvalue weighted by Gasteiger charge is -2.15. The van der Waals surface area contributed by atoms with Gasteiger partial charge in [-0.15, -0.1) is 0 Å². The van der Waals surface area contributed by atoms with Gasteiger partial charge in [0.25, 0.3) is 0 Å². The molecule has 3 aromatic heterocycles. The highest BCUT2D eigenvalue weighted by Crippen LogP contribution is 2.41. The van der Waals surface area contributed by atoms with Crippen molar-refractivity contribution in [3.8, 4) is 107 Å². The van der Waals surface area contributed by atoms with E-state index in [2.05, 4.69) is 140 Å². The van der Waals surface area contributed by atoms with E-state index in [1.165, 1.54) is 51.6 Å². The second kappa shape index (κ2) is 25.1. The fourth-order valence-electron chi connectivity index (χ4n) is 10.9. The van der Waals surface area contributed by atoms with Gasteiger partial charge in [0, 0.05) is 48.6 Å². The summed E-state index contributed by atoms with van der Waals surface area (Å²) in [5.74, 6) is -0.227. The van der Waals surface area contributed by atoms with Crippen LogP contribution in [0.5, 0.6) is 0 Å². The molecule has 0 aliphatic heterocycles. The van der Waals surface area contributed by atoms with Crippen molar-refractivity contribution in [2.45, 2.75) is 6.42 Å². The smallest absolute Gasteiger partial charge is 0.167 e. The van der Waals surface area contributed by atoms with E-state index < -0.39 is 66.2 Å². The van der Waals surface area contributed by atoms with E-state index >= 15 is 0 Å². The van der Waals surface area contributed by atoms with Crippen LogP contribution in [0.2, 0.25) is 10.0 Å². The minimum absolute atomic E-state index is 0.000646. The molecule has 0 unspecified atom stereocenters. The van der Waals surface area contributed by atoms with Crippen molar-refractivity contribution in [2.24, 2.45) is 0 Å². The first-order valence-electron chi connectivity index (χ1n) is 33.4. The predicted octanol–water partition coefficient (Wildman–Crippen LogP) is 20.9. The molecule has 0 radical (unpaired) electrons. The van der Waals surface area contributed by atoms with Crippen LogP contribution >= 0.6 is 23.2 Å². The molecule has 0 saturated carbocycles. The summed E-state index contributed by atoms with van der Waals surface area (Å²) in [5, 5.41) is 2.85. The van der Waals surface area contributed by atoms with Gasteiger partial charge in [-0.05, 0) is 99.5 Å². The number of para-hydroxylation sites is 1. The Balaban J connectivity index is 0.000000141. The first kappa shape index (κ1) is 45.3. The predicted molar refractivity (Wildman–Crippen MR) is 362 cm³/mol. The van der Waals surface area contributed by atoms with Crippen molar-refractivity contribution in [1.82, 2.24) is 34.5 Å². The summed E-state index contributed by atoms with van der Waals surface area (Å²) in [6, 6.07) is 73.8. The van der Waals surface area contributed by atoms with Crippen LogP contribution in [0.15, 0.2) is 303 Å². The number of halogens is 3. The monoisotopic (exact) mass is 1200 g/mol. The summed E-state index contributed by atoms with van der Waals surface area (Å²) in [6.45, 7) is 0. The first-order chi connectivity index (χ1) is 48.0. The molecule has 16 rings (SSSR count). The Morgan fingerprint density at radius 1 is 0.315 bits per heavy atom. The maximum absolute atomic E-state index is 14.5. The summed E-state index contributed by atoms with van der Waals surface area (Å²) in [6.07, 6.45) is 1.06. The molecule has 15 aromatic rings. The summed E-state index contributed by atoms with van der Waals surface area (Å²) < 4.78 is 98.9. The van der Waals surface area contributed by atoms with Gasteiger partial charge in [0.1, 0.15) is 5.82 Å². The molecule has 0 fully saturated rings. The normalized spacial score (nSPS) is 12.8. The number of hydrogen-bond donors (Lipinski definition) is 0. The SMILES string of the molecule is [2H]c1c([2H])c([2H])c(-c2nc(-c3ccccc3)nc(-c3cc(Cl)ccc3-n3c4ccccc4c4ccc(-c5ccccc5)cc43)n2)c([2H])c1[2H].[2H]c1c([2H])c([2H])c(-c2nc(-c3ccccc3)nc(-c3cc(Cl)ccc3F)n2)c([2H])c1[2H].c1ccc(-c2ccc3c(c2)Cc2ccccc2-3)cc1. The number of aromatic nitrogens is 7. The van der Waals surface area contributed by atoms with Crippen LogP contribution in [0.1, 0.15) is 24.8 Å². The molecule has 0 N–H and O–H groups in total. The van der Waals surface area contributed by atoms with Gasteiger partial charge in [-0.3, -0.25) is 0 Å². The van der Waals surface area contributed by atoms with Crippen molar-refractivity contribution in [3.63, 3.8) is 0 Å². The fourth-order valence-corrected chi connectivity index (χ4v) is 11.3. The van der Waals surface area contributed by atoms with Crippen molar-refractivity contribution in [1.29, 1.82) is 0 Å². The second-order valence-corrected chi connectivity index (χ2v) is 21.5. The zero-order chi connectivity index (χ0) is 68.8. The molecule has 0 amide bonds. The topological polar surface area (TPSA) is 82.3 Å². The highest BCUT2D eigenvalue weighted by atomic mass is 35.5. The number of rotatable bonds is 9. The lowest BCUT2D eigenvalue weighted by Crippen LogP contribution is -2.03. The van der Waals surface area contributed by atoms with Crippen molar-refractivity contribution in [2.75, 3.05) is 0 Å². The molecular weight excluding hydrogens is 1140 g/mol. The number of fused-ring (bicyclic) bond motifs is 6. The van der Waals surface area contributed by atoms with Crippen LogP contribution in [0, 0.1) is 5.82 Å². The maximum Gasteiger partial charge on any atom is 0.167 e. The van der Waals surface area contributed by atoms with Crippen molar-refractivity contribution in [3.05, 3.63) is 330 Å². The summed E-state index contributed by atoms with van der Waals surface area (Å²) in [4.78, 5) is 27.3. The zero-order valence-electron chi connectivity index (χ0n) is 57.1. The second-order valence-electron chi connectivity index (χ2n) is 20.7. The van der Waals surface area contributed by atoms with E-state index in [1.807, 2.05) is 72.8 Å². The van der Waals surface area contributed by atoms with Crippen LogP contribution in [-0.2, 0) is 6.42 Å². The molecule has 0 saturated heterocycles. The Kier molecular flexibility index (Phi) is 12.8. The molecule has 7 nitrogen and oxygen atoms in total. The minimum atomic E-state index is -0.623. The molecule has 12 aromatic carbocycles. The largest absolute Gasteiger partial charge is 0.308 e. The molecule has 424 valence electrons. The van der Waals surface area contributed by atoms with Crippen LogP contribution in [0.3, 0.4) is 0 Å². The Bertz CT molecular complexity index is 5600. The molecule has 10 heteroatoms. The van der Waals surface area contributed by atoms with Gasteiger partial charge in [-0.1, -0.05) is 278 Å². The van der Waals surface area contributed by atoms with Gasteiger partial charge in [-0.2, -0.15) is 0 Å². The molecular formula is C79H52Cl2FN7. The quantitative estimate of drug-likeness (QED) is 0.143. The van der Waals surface area contributed by atoms with E-state index in [0.717, 1.165) is 45.0 Å². The van der Waals surface area contributed by atoms with Crippen molar-refractivity contribution >= 4 is 45.0 Å². The van der Waals surface area contributed by atoms with Crippen molar-refractivity contribution < 1.29 is 18.1 Å². The Morgan fingerprint density at radius 3 is 1.35 bits per heavy atom. The fraction of sp³-hybridized carbons (Fsp3) is 0.0127. The summed E-state index contributed by atoms with van der Waals surface area (Å²) in [7, 11) is 0. The van der Waals surface area contributed by atoms with E-state index in [9.17, 15) is 4.39 Å². The molecule has 1 aliphatic carbocycles. The zero-order valence-corrected chi connectivity index (χ0v) is 48.6. The Hall–Kier alpha value is -11.0. The van der Waals surface area contributed by atoms with Gasteiger partial charge in [0.2, 0.25) is 0 Å². The van der Waals surface area contributed by atoms with Crippen LogP contribution < -0.4 is 0 Å². The van der Waals surface area contributed by atoms with E-state index in [-0.39, 0.29) is 56.7 Å². The molecule has 3 heterocycles. The van der Waals surface area contributed by atoms with Crippen LogP contribution in [-0.4, -0.2) is 34.5 Å². The van der Waals surface area contributed by atoms with Crippen LogP contribution in [0.4, 0.5) is 4.39 Å². The number of benzene rings is 12. The molecule has 1 aliphatic rings. The van der Waals surface area contributed by atoms with E-state index in [0.29, 0.717) is 21.7 Å². The number of hydrogen-bond acceptors (Lipinski definition) is 6. The van der Waals surface area contributed by atoms with Gasteiger partial charge in [0.05, 0.1) is 36.0 Å². The van der Waals surface area contributed by atoms with Gasteiger partial charge < -0.3 is 4.57 Å². The first-order valence-corrected chi connectivity index (χ1v) is 29.1. The highest BCUT2D eigenvalue weighted by Gasteiger charge is 2.22.